The summed E-state index contributed by atoms with van der Waals surface area (Å²) in [5.41, 5.74) is 9.12. The quantitative estimate of drug-likeness (QED) is 0.516. The van der Waals surface area contributed by atoms with Crippen LogP contribution in [-0.2, 0) is 12.0 Å². The number of hydrogen-bond donors (Lipinski definition) is 1. The van der Waals surface area contributed by atoms with Crippen LogP contribution < -0.4 is 15.2 Å². The molecule has 0 bridgehead atoms. The third kappa shape index (κ3) is 3.70. The van der Waals surface area contributed by atoms with Crippen molar-refractivity contribution in [2.45, 2.75) is 30.1 Å². The van der Waals surface area contributed by atoms with E-state index >= 15 is 0 Å². The number of thioether (sulfide) groups is 1. The van der Waals surface area contributed by atoms with Gasteiger partial charge in [0.2, 0.25) is 11.8 Å². The molecule has 1 aliphatic heterocycles. The van der Waals surface area contributed by atoms with Gasteiger partial charge in [-0.05, 0) is 31.0 Å². The van der Waals surface area contributed by atoms with Crippen LogP contribution in [0.15, 0.2) is 35.7 Å². The summed E-state index contributed by atoms with van der Waals surface area (Å²) in [6.45, 7) is 1.65. The smallest absolute Gasteiger partial charge is 0.233 e. The summed E-state index contributed by atoms with van der Waals surface area (Å²) in [7, 11) is 1.57. The van der Waals surface area contributed by atoms with Crippen LogP contribution in [0.3, 0.4) is 0 Å². The van der Waals surface area contributed by atoms with E-state index in [2.05, 4.69) is 25.9 Å². The van der Waals surface area contributed by atoms with E-state index in [1.807, 2.05) is 13.0 Å². The maximum Gasteiger partial charge on any atom is 0.233 e. The van der Waals surface area contributed by atoms with Gasteiger partial charge in [0.05, 0.1) is 34.8 Å². The molecule has 0 amide bonds. The first kappa shape index (κ1) is 22.3. The average molecular weight is 479 g/mol. The van der Waals surface area contributed by atoms with E-state index in [0.717, 1.165) is 16.8 Å². The highest BCUT2D eigenvalue weighted by atomic mass is 32.2. The largest absolute Gasteiger partial charge is 0.481 e. The number of aliphatic imine (C=N–C) groups is 1. The lowest BCUT2D eigenvalue weighted by Gasteiger charge is -2.33. The molecule has 1 saturated carbocycles. The number of aromatic nitrogens is 4. The van der Waals surface area contributed by atoms with E-state index in [1.54, 1.807) is 25.6 Å². The zero-order chi connectivity index (χ0) is 23.9. The number of alkyl halides is 1. The third-order valence-corrected chi connectivity index (χ3v) is 7.68. The fourth-order valence-corrected chi connectivity index (χ4v) is 6.01. The molecule has 34 heavy (non-hydrogen) atoms. The predicted molar refractivity (Wildman–Crippen MR) is 129 cm³/mol. The number of pyridine rings is 2. The number of fused-ring (bicyclic) bond motifs is 2. The summed E-state index contributed by atoms with van der Waals surface area (Å²) in [6.07, 6.45) is 11.4. The second kappa shape index (κ2) is 8.40. The Labute approximate surface area is 200 Å². The second-order valence-corrected chi connectivity index (χ2v) is 9.99. The average Bonchev–Trinajstić information content (AvgIpc) is 3.58. The molecule has 4 heterocycles. The monoisotopic (exact) mass is 478 g/mol. The third-order valence-electron chi connectivity index (χ3n) is 6.41. The number of amidine groups is 1. The van der Waals surface area contributed by atoms with Crippen molar-refractivity contribution in [3.05, 3.63) is 47.5 Å². The Hall–Kier alpha value is -3.45. The van der Waals surface area contributed by atoms with Gasteiger partial charge < -0.3 is 15.2 Å². The predicted octanol–water partition coefficient (Wildman–Crippen LogP) is 3.04. The maximum atomic E-state index is 13.9. The number of rotatable bonds is 7. The van der Waals surface area contributed by atoms with Gasteiger partial charge in [-0.15, -0.1) is 6.42 Å². The number of hydrogen-bond acceptors (Lipinski definition) is 9. The van der Waals surface area contributed by atoms with E-state index in [1.165, 1.54) is 18.0 Å². The summed E-state index contributed by atoms with van der Waals surface area (Å²) in [5.74, 6) is 3.23. The highest BCUT2D eigenvalue weighted by Crippen LogP contribution is 2.66. The van der Waals surface area contributed by atoms with Crippen LogP contribution in [-0.4, -0.2) is 50.2 Å². The molecule has 0 spiro atoms. The number of ether oxygens (including phenoxy) is 2. The lowest BCUT2D eigenvalue weighted by molar-refractivity contribution is 0.340. The molecule has 174 valence electrons. The number of halogens is 1. The van der Waals surface area contributed by atoms with Crippen LogP contribution in [0.2, 0.25) is 0 Å². The number of methoxy groups -OCH3 is 1. The zero-order valence-corrected chi connectivity index (χ0v) is 19.6. The van der Waals surface area contributed by atoms with E-state index in [4.69, 9.17) is 26.6 Å². The minimum Gasteiger partial charge on any atom is -0.481 e. The zero-order valence-electron chi connectivity index (χ0n) is 18.8. The molecular weight excluding hydrogens is 455 g/mol. The van der Waals surface area contributed by atoms with Crippen molar-refractivity contribution in [3.63, 3.8) is 0 Å². The maximum absolute atomic E-state index is 13.9. The van der Waals surface area contributed by atoms with Crippen molar-refractivity contribution >= 4 is 28.0 Å². The molecule has 3 atom stereocenters. The van der Waals surface area contributed by atoms with Crippen molar-refractivity contribution in [2.75, 3.05) is 20.4 Å². The molecule has 3 aromatic rings. The fourth-order valence-electron chi connectivity index (χ4n) is 4.68. The van der Waals surface area contributed by atoms with E-state index in [9.17, 15) is 4.39 Å². The Bertz CT molecular complexity index is 1340. The van der Waals surface area contributed by atoms with Gasteiger partial charge in [-0.1, -0.05) is 17.7 Å². The molecule has 0 aromatic carbocycles. The van der Waals surface area contributed by atoms with E-state index < -0.39 is 17.0 Å². The van der Waals surface area contributed by atoms with Gasteiger partial charge >= 0.3 is 0 Å². The van der Waals surface area contributed by atoms with Gasteiger partial charge in [-0.2, -0.15) is 0 Å². The highest BCUT2D eigenvalue weighted by Gasteiger charge is 2.67. The second-order valence-electron chi connectivity index (χ2n) is 8.56. The Balaban J connectivity index is 1.51. The molecule has 2 aliphatic rings. The summed E-state index contributed by atoms with van der Waals surface area (Å²) >= 11 is 1.33. The SMILES string of the molecule is C#CCOc1cnc2c(Cc3cnc(OC)c([C@@]4(C)N=C(N)S[C@@]5(CF)C[C@H]54)c3)nccc2n1. The van der Waals surface area contributed by atoms with Gasteiger partial charge in [-0.25, -0.2) is 19.3 Å². The van der Waals surface area contributed by atoms with Crippen molar-refractivity contribution < 1.29 is 13.9 Å². The summed E-state index contributed by atoms with van der Waals surface area (Å²) < 4.78 is 24.3. The first-order valence-corrected chi connectivity index (χ1v) is 11.5. The van der Waals surface area contributed by atoms with Crippen LogP contribution >= 0.6 is 11.8 Å². The van der Waals surface area contributed by atoms with Crippen LogP contribution in [0.5, 0.6) is 11.8 Å². The van der Waals surface area contributed by atoms with Gasteiger partial charge in [0, 0.05) is 30.3 Å². The van der Waals surface area contributed by atoms with Gasteiger partial charge in [-0.3, -0.25) is 9.98 Å². The minimum atomic E-state index is -0.731. The normalized spacial score (nSPS) is 25.2. The van der Waals surface area contributed by atoms with Crippen LogP contribution in [0.25, 0.3) is 11.0 Å². The van der Waals surface area contributed by atoms with Crippen LogP contribution in [0.1, 0.15) is 30.2 Å². The molecule has 10 heteroatoms. The lowest BCUT2D eigenvalue weighted by atomic mass is 9.85. The standard InChI is InChI=1S/C24H23FN6O2S/c1-4-7-33-19-12-28-20-16(30-19)5-6-27-17(20)9-14-8-15(21(32-3)29-11-14)23(2)18-10-24(18,13-25)34-22(26)31-23/h1,5-6,8,11-12,18H,7,9-10,13H2,2-3H3,(H2,26,31)/t18-,23+,24+/m0/s1. The lowest BCUT2D eigenvalue weighted by Crippen LogP contribution is -2.36. The first-order valence-electron chi connectivity index (χ1n) is 10.7. The Kier molecular flexibility index (Phi) is 5.52. The molecule has 8 nitrogen and oxygen atoms in total. The Morgan fingerprint density at radius 1 is 1.32 bits per heavy atom. The number of terminal acetylenes is 1. The van der Waals surface area contributed by atoms with Crippen LogP contribution in [0, 0.1) is 18.3 Å². The summed E-state index contributed by atoms with van der Waals surface area (Å²) in [4.78, 5) is 22.8. The van der Waals surface area contributed by atoms with Crippen molar-refractivity contribution in [1.82, 2.24) is 19.9 Å². The van der Waals surface area contributed by atoms with Gasteiger partial charge in [0.15, 0.2) is 11.8 Å². The molecule has 2 N–H and O–H groups in total. The molecule has 1 fully saturated rings. The van der Waals surface area contributed by atoms with Crippen molar-refractivity contribution in [2.24, 2.45) is 16.6 Å². The Morgan fingerprint density at radius 3 is 2.94 bits per heavy atom. The topological polar surface area (TPSA) is 108 Å². The van der Waals surface area contributed by atoms with Crippen LogP contribution in [0.4, 0.5) is 4.39 Å². The Morgan fingerprint density at radius 2 is 2.18 bits per heavy atom. The van der Waals surface area contributed by atoms with E-state index in [-0.39, 0.29) is 12.5 Å². The molecule has 5 rings (SSSR count). The summed E-state index contributed by atoms with van der Waals surface area (Å²) in [5, 5.41) is 0.384. The highest BCUT2D eigenvalue weighted by molar-refractivity contribution is 8.15. The van der Waals surface area contributed by atoms with Gasteiger partial charge in [0.1, 0.15) is 12.2 Å². The fraction of sp³-hybridized carbons (Fsp3) is 0.375. The molecular formula is C24H23FN6O2S. The molecule has 1 aliphatic carbocycles. The minimum absolute atomic E-state index is 0.0104. The molecule has 0 saturated heterocycles. The summed E-state index contributed by atoms with van der Waals surface area (Å²) in [6, 6.07) is 3.77. The van der Waals surface area contributed by atoms with E-state index in [0.29, 0.717) is 40.8 Å². The number of nitrogens with zero attached hydrogens (tertiary/aromatic N) is 5. The van der Waals surface area contributed by atoms with Crippen molar-refractivity contribution in [3.8, 4) is 24.1 Å². The first-order chi connectivity index (χ1) is 16.4. The van der Waals surface area contributed by atoms with Crippen molar-refractivity contribution in [1.29, 1.82) is 0 Å². The van der Waals surface area contributed by atoms with Gasteiger partial charge in [0.25, 0.3) is 0 Å². The molecule has 3 aromatic heterocycles. The molecule has 0 unspecified atom stereocenters. The number of nitrogens with two attached hydrogens (primary N) is 1. The molecule has 0 radical (unpaired) electrons.